The fourth-order valence-electron chi connectivity index (χ4n) is 1.73. The predicted molar refractivity (Wildman–Crippen MR) is 75.0 cm³/mol. The number of amides is 2. The highest BCUT2D eigenvalue weighted by atomic mass is 19.2. The standard InChI is InChI=1S/C15H11F3N2O2/c1-8(21)19-10-4-2-9(3-5-10)15(22)20-12-7-6-11(16)13(17)14(12)18/h2-7H,1H3,(H,19,21)(H,20,22). The van der Waals surface area contributed by atoms with Crippen molar-refractivity contribution in [1.29, 1.82) is 0 Å². The van der Waals surface area contributed by atoms with E-state index in [1.807, 2.05) is 0 Å². The first-order chi connectivity index (χ1) is 10.4. The molecule has 0 radical (unpaired) electrons. The average Bonchev–Trinajstić information content (AvgIpc) is 2.48. The number of halogens is 3. The topological polar surface area (TPSA) is 58.2 Å². The second-order valence-corrected chi connectivity index (χ2v) is 4.44. The lowest BCUT2D eigenvalue weighted by atomic mass is 10.2. The Morgan fingerprint density at radius 3 is 2.09 bits per heavy atom. The van der Waals surface area contributed by atoms with Crippen LogP contribution >= 0.6 is 0 Å². The largest absolute Gasteiger partial charge is 0.326 e. The highest BCUT2D eigenvalue weighted by Gasteiger charge is 2.15. The molecule has 0 atom stereocenters. The van der Waals surface area contributed by atoms with E-state index in [-0.39, 0.29) is 11.5 Å². The second-order valence-electron chi connectivity index (χ2n) is 4.44. The number of benzene rings is 2. The Kier molecular flexibility index (Phi) is 4.45. The van der Waals surface area contributed by atoms with E-state index in [1.165, 1.54) is 31.2 Å². The van der Waals surface area contributed by atoms with E-state index in [9.17, 15) is 22.8 Å². The minimum Gasteiger partial charge on any atom is -0.326 e. The summed E-state index contributed by atoms with van der Waals surface area (Å²) in [5, 5.41) is 4.67. The summed E-state index contributed by atoms with van der Waals surface area (Å²) in [5.74, 6) is -5.42. The van der Waals surface area contributed by atoms with Gasteiger partial charge in [0.05, 0.1) is 5.69 Å². The van der Waals surface area contributed by atoms with Crippen LogP contribution in [0.3, 0.4) is 0 Å². The third kappa shape index (κ3) is 3.43. The molecule has 0 aliphatic rings. The van der Waals surface area contributed by atoms with Crippen molar-refractivity contribution in [3.05, 3.63) is 59.4 Å². The first kappa shape index (κ1) is 15.6. The van der Waals surface area contributed by atoms with Crippen molar-refractivity contribution in [2.45, 2.75) is 6.92 Å². The van der Waals surface area contributed by atoms with E-state index in [0.29, 0.717) is 11.8 Å². The van der Waals surface area contributed by atoms with Crippen molar-refractivity contribution in [3.63, 3.8) is 0 Å². The van der Waals surface area contributed by atoms with Crippen LogP contribution in [0.1, 0.15) is 17.3 Å². The molecule has 2 N–H and O–H groups in total. The van der Waals surface area contributed by atoms with Crippen LogP contribution in [0, 0.1) is 17.5 Å². The zero-order valence-electron chi connectivity index (χ0n) is 11.4. The molecule has 114 valence electrons. The Morgan fingerprint density at radius 2 is 1.50 bits per heavy atom. The third-order valence-corrected chi connectivity index (χ3v) is 2.75. The lowest BCUT2D eigenvalue weighted by Crippen LogP contribution is -2.14. The summed E-state index contributed by atoms with van der Waals surface area (Å²) >= 11 is 0. The molecule has 7 heteroatoms. The van der Waals surface area contributed by atoms with Gasteiger partial charge >= 0.3 is 0 Å². The number of rotatable bonds is 3. The van der Waals surface area contributed by atoms with Crippen molar-refractivity contribution in [3.8, 4) is 0 Å². The van der Waals surface area contributed by atoms with E-state index < -0.39 is 29.0 Å². The van der Waals surface area contributed by atoms with Gasteiger partial charge < -0.3 is 10.6 Å². The summed E-state index contributed by atoms with van der Waals surface area (Å²) < 4.78 is 39.4. The maximum Gasteiger partial charge on any atom is 0.255 e. The van der Waals surface area contributed by atoms with Gasteiger partial charge in [-0.15, -0.1) is 0 Å². The number of hydrogen-bond acceptors (Lipinski definition) is 2. The van der Waals surface area contributed by atoms with Gasteiger partial charge in [0.15, 0.2) is 17.5 Å². The molecule has 0 bridgehead atoms. The van der Waals surface area contributed by atoms with Crippen molar-refractivity contribution >= 4 is 23.2 Å². The van der Waals surface area contributed by atoms with E-state index in [0.717, 1.165) is 6.07 Å². The highest BCUT2D eigenvalue weighted by molar-refractivity contribution is 6.04. The Morgan fingerprint density at radius 1 is 0.864 bits per heavy atom. The third-order valence-electron chi connectivity index (χ3n) is 2.75. The molecule has 0 fully saturated rings. The SMILES string of the molecule is CC(=O)Nc1ccc(C(=O)Nc2ccc(F)c(F)c2F)cc1. The van der Waals surface area contributed by atoms with E-state index >= 15 is 0 Å². The molecule has 4 nitrogen and oxygen atoms in total. The van der Waals surface area contributed by atoms with E-state index in [4.69, 9.17) is 0 Å². The molecule has 2 aromatic rings. The highest BCUT2D eigenvalue weighted by Crippen LogP contribution is 2.20. The maximum atomic E-state index is 13.5. The van der Waals surface area contributed by atoms with Crippen LogP contribution in [-0.2, 0) is 4.79 Å². The van der Waals surface area contributed by atoms with Crippen LogP contribution in [-0.4, -0.2) is 11.8 Å². The van der Waals surface area contributed by atoms with Crippen LogP contribution < -0.4 is 10.6 Å². The first-order valence-corrected chi connectivity index (χ1v) is 6.21. The number of carbonyl (C=O) groups excluding carboxylic acids is 2. The van der Waals surface area contributed by atoms with Crippen LogP contribution in [0.15, 0.2) is 36.4 Å². The minimum atomic E-state index is -1.65. The Bertz CT molecular complexity index is 730. The predicted octanol–water partition coefficient (Wildman–Crippen LogP) is 3.31. The van der Waals surface area contributed by atoms with Crippen LogP contribution in [0.25, 0.3) is 0 Å². The fourth-order valence-corrected chi connectivity index (χ4v) is 1.73. The van der Waals surface area contributed by atoms with E-state index in [2.05, 4.69) is 10.6 Å². The Hall–Kier alpha value is -2.83. The van der Waals surface area contributed by atoms with Gasteiger partial charge in [0.25, 0.3) is 5.91 Å². The van der Waals surface area contributed by atoms with Gasteiger partial charge in [-0.05, 0) is 36.4 Å². The zero-order valence-corrected chi connectivity index (χ0v) is 11.4. The molecule has 0 saturated carbocycles. The number of carbonyl (C=O) groups is 2. The molecule has 0 aliphatic carbocycles. The van der Waals surface area contributed by atoms with Gasteiger partial charge in [-0.25, -0.2) is 13.2 Å². The summed E-state index contributed by atoms with van der Waals surface area (Å²) in [7, 11) is 0. The number of hydrogen-bond donors (Lipinski definition) is 2. The molecule has 0 aromatic heterocycles. The number of nitrogens with one attached hydrogen (secondary N) is 2. The van der Waals surface area contributed by atoms with Gasteiger partial charge in [-0.3, -0.25) is 9.59 Å². The summed E-state index contributed by atoms with van der Waals surface area (Å²) in [6, 6.07) is 7.41. The van der Waals surface area contributed by atoms with E-state index in [1.54, 1.807) is 0 Å². The molecule has 0 aliphatic heterocycles. The second kappa shape index (κ2) is 6.30. The molecule has 0 saturated heterocycles. The van der Waals surface area contributed by atoms with Gasteiger partial charge in [0, 0.05) is 18.2 Å². The average molecular weight is 308 g/mol. The summed E-state index contributed by atoms with van der Waals surface area (Å²) in [4.78, 5) is 22.8. The molecule has 2 aromatic carbocycles. The monoisotopic (exact) mass is 308 g/mol. The molecular formula is C15H11F3N2O2. The van der Waals surface area contributed by atoms with Gasteiger partial charge in [0.2, 0.25) is 5.91 Å². The molecular weight excluding hydrogens is 297 g/mol. The molecule has 2 rings (SSSR count). The van der Waals surface area contributed by atoms with Crippen LogP contribution in [0.4, 0.5) is 24.5 Å². The zero-order chi connectivity index (χ0) is 16.3. The van der Waals surface area contributed by atoms with Crippen LogP contribution in [0.5, 0.6) is 0 Å². The summed E-state index contributed by atoms with van der Waals surface area (Å²) in [5.41, 5.74) is 0.191. The molecule has 2 amide bonds. The molecule has 0 unspecified atom stereocenters. The fraction of sp³-hybridized carbons (Fsp3) is 0.0667. The van der Waals surface area contributed by atoms with Crippen molar-refractivity contribution in [2.24, 2.45) is 0 Å². The first-order valence-electron chi connectivity index (χ1n) is 6.21. The maximum absolute atomic E-state index is 13.5. The quantitative estimate of drug-likeness (QED) is 0.855. The van der Waals surface area contributed by atoms with Crippen LogP contribution in [0.2, 0.25) is 0 Å². The smallest absolute Gasteiger partial charge is 0.255 e. The molecule has 0 spiro atoms. The van der Waals surface area contributed by atoms with Gasteiger partial charge in [-0.2, -0.15) is 0 Å². The lowest BCUT2D eigenvalue weighted by Gasteiger charge is -2.08. The Balaban J connectivity index is 2.16. The Labute approximate surface area is 124 Å². The normalized spacial score (nSPS) is 10.2. The van der Waals surface area contributed by atoms with Crippen molar-refractivity contribution in [1.82, 2.24) is 0 Å². The number of anilines is 2. The molecule has 0 heterocycles. The van der Waals surface area contributed by atoms with Gasteiger partial charge in [0.1, 0.15) is 0 Å². The summed E-state index contributed by atoms with van der Waals surface area (Å²) in [6.45, 7) is 1.34. The lowest BCUT2D eigenvalue weighted by molar-refractivity contribution is -0.114. The molecule has 22 heavy (non-hydrogen) atoms. The summed E-state index contributed by atoms with van der Waals surface area (Å²) in [6.07, 6.45) is 0. The van der Waals surface area contributed by atoms with Crippen molar-refractivity contribution in [2.75, 3.05) is 10.6 Å². The minimum absolute atomic E-state index is 0.165. The van der Waals surface area contributed by atoms with Gasteiger partial charge in [-0.1, -0.05) is 0 Å². The van der Waals surface area contributed by atoms with Crippen molar-refractivity contribution < 1.29 is 22.8 Å².